The summed E-state index contributed by atoms with van der Waals surface area (Å²) >= 11 is 0. The molecule has 2 aromatic rings. The first kappa shape index (κ1) is 22.2. The summed E-state index contributed by atoms with van der Waals surface area (Å²) in [6, 6.07) is 15.0. The van der Waals surface area contributed by atoms with Crippen LogP contribution in [0.4, 0.5) is 0 Å². The van der Waals surface area contributed by atoms with Crippen LogP contribution in [-0.2, 0) is 18.9 Å². The predicted molar refractivity (Wildman–Crippen MR) is 108 cm³/mol. The number of benzene rings is 2. The van der Waals surface area contributed by atoms with Gasteiger partial charge in [0, 0.05) is 0 Å². The molecule has 8 heteroatoms. The molecule has 0 spiro atoms. The van der Waals surface area contributed by atoms with Crippen LogP contribution in [0.5, 0.6) is 23.0 Å². The zero-order chi connectivity index (χ0) is 20.7. The molecule has 0 radical (unpaired) electrons. The first-order valence-corrected chi connectivity index (χ1v) is 9.94. The minimum Gasteiger partial charge on any atom is -0.487 e. The van der Waals surface area contributed by atoms with Gasteiger partial charge in [0.2, 0.25) is 0 Å². The van der Waals surface area contributed by atoms with E-state index in [-0.39, 0.29) is 13.6 Å². The van der Waals surface area contributed by atoms with Crippen molar-refractivity contribution >= 4 is 0 Å². The van der Waals surface area contributed by atoms with E-state index in [4.69, 9.17) is 37.9 Å². The maximum atomic E-state index is 5.73. The van der Waals surface area contributed by atoms with Crippen molar-refractivity contribution in [1.29, 1.82) is 0 Å². The van der Waals surface area contributed by atoms with Crippen LogP contribution in [0.2, 0.25) is 0 Å². The fourth-order valence-electron chi connectivity index (χ4n) is 2.57. The van der Waals surface area contributed by atoms with Crippen molar-refractivity contribution in [3.8, 4) is 23.0 Å². The third kappa shape index (κ3) is 8.08. The number of hydrogen-bond acceptors (Lipinski definition) is 8. The van der Waals surface area contributed by atoms with Crippen molar-refractivity contribution in [1.82, 2.24) is 0 Å². The summed E-state index contributed by atoms with van der Waals surface area (Å²) in [6.45, 7) is 3.45. The average Bonchev–Trinajstić information content (AvgIpc) is 2.78. The maximum Gasteiger partial charge on any atom is 0.161 e. The molecule has 0 saturated heterocycles. The number of ether oxygens (including phenoxy) is 8. The smallest absolute Gasteiger partial charge is 0.161 e. The van der Waals surface area contributed by atoms with E-state index in [1.54, 1.807) is 0 Å². The van der Waals surface area contributed by atoms with Gasteiger partial charge in [-0.15, -0.1) is 0 Å². The zero-order valence-corrected chi connectivity index (χ0v) is 17.0. The van der Waals surface area contributed by atoms with E-state index < -0.39 is 0 Å². The Labute approximate surface area is 176 Å². The second-order valence-electron chi connectivity index (χ2n) is 6.16. The van der Waals surface area contributed by atoms with Gasteiger partial charge in [0.15, 0.2) is 23.0 Å². The molecule has 0 saturated carbocycles. The van der Waals surface area contributed by atoms with Gasteiger partial charge in [-0.3, -0.25) is 0 Å². The average molecular weight is 420 g/mol. The molecule has 30 heavy (non-hydrogen) atoms. The van der Waals surface area contributed by atoms with Crippen LogP contribution in [0.1, 0.15) is 0 Å². The second-order valence-corrected chi connectivity index (χ2v) is 6.16. The summed E-state index contributed by atoms with van der Waals surface area (Å²) in [7, 11) is 0. The number of para-hydroxylation sites is 4. The zero-order valence-electron chi connectivity index (χ0n) is 17.0. The van der Waals surface area contributed by atoms with Crippen LogP contribution >= 0.6 is 0 Å². The molecule has 0 fully saturated rings. The summed E-state index contributed by atoms with van der Waals surface area (Å²) in [6.07, 6.45) is 0. The molecule has 0 bridgehead atoms. The molecule has 2 aromatic carbocycles. The Hall–Kier alpha value is -2.52. The van der Waals surface area contributed by atoms with Gasteiger partial charge in [-0.1, -0.05) is 24.3 Å². The molecule has 0 N–H and O–H groups in total. The van der Waals surface area contributed by atoms with Crippen LogP contribution in [0, 0.1) is 0 Å². The van der Waals surface area contributed by atoms with Gasteiger partial charge in [-0.2, -0.15) is 0 Å². The van der Waals surface area contributed by atoms with Crippen molar-refractivity contribution < 1.29 is 37.9 Å². The quantitative estimate of drug-likeness (QED) is 0.644. The molecule has 3 rings (SSSR count). The lowest BCUT2D eigenvalue weighted by Gasteiger charge is -2.14. The van der Waals surface area contributed by atoms with Crippen molar-refractivity contribution in [2.75, 3.05) is 66.4 Å². The van der Waals surface area contributed by atoms with Crippen LogP contribution in [0.15, 0.2) is 48.5 Å². The molecule has 0 amide bonds. The summed E-state index contributed by atoms with van der Waals surface area (Å²) in [5, 5.41) is 0. The Kier molecular flexibility index (Phi) is 10.1. The highest BCUT2D eigenvalue weighted by Gasteiger charge is 2.06. The third-order valence-electron chi connectivity index (χ3n) is 3.97. The summed E-state index contributed by atoms with van der Waals surface area (Å²) in [4.78, 5) is 0. The highest BCUT2D eigenvalue weighted by molar-refractivity contribution is 5.40. The van der Waals surface area contributed by atoms with E-state index in [9.17, 15) is 0 Å². The Bertz CT molecular complexity index is 604. The second kappa shape index (κ2) is 13.7. The lowest BCUT2D eigenvalue weighted by Crippen LogP contribution is -2.15. The van der Waals surface area contributed by atoms with E-state index in [1.807, 2.05) is 48.5 Å². The minimum atomic E-state index is 0.164. The van der Waals surface area contributed by atoms with Gasteiger partial charge in [-0.25, -0.2) is 0 Å². The van der Waals surface area contributed by atoms with E-state index in [0.29, 0.717) is 75.9 Å². The summed E-state index contributed by atoms with van der Waals surface area (Å²) in [5.41, 5.74) is 0. The number of rotatable bonds is 0. The standard InChI is InChI=1S/C22H28O8/c1-2-6-20-19(5-1)27-13-9-23-17-25-11-15-29-21-7-3-4-8-22(21)30-16-12-26-18-24-10-14-28-20/h1-8H,9-18H2. The first-order valence-electron chi connectivity index (χ1n) is 9.94. The fraction of sp³-hybridized carbons (Fsp3) is 0.455. The van der Waals surface area contributed by atoms with Gasteiger partial charge < -0.3 is 37.9 Å². The minimum absolute atomic E-state index is 0.164. The van der Waals surface area contributed by atoms with Crippen molar-refractivity contribution in [2.24, 2.45) is 0 Å². The number of hydrogen-bond donors (Lipinski definition) is 0. The molecule has 0 atom stereocenters. The van der Waals surface area contributed by atoms with Crippen molar-refractivity contribution in [3.63, 3.8) is 0 Å². The molecule has 0 unspecified atom stereocenters. The highest BCUT2D eigenvalue weighted by atomic mass is 16.7. The fourth-order valence-corrected chi connectivity index (χ4v) is 2.57. The maximum absolute atomic E-state index is 5.73. The number of fused-ring (bicyclic) bond motifs is 2. The molecular weight excluding hydrogens is 392 g/mol. The van der Waals surface area contributed by atoms with Crippen LogP contribution in [-0.4, -0.2) is 66.4 Å². The largest absolute Gasteiger partial charge is 0.487 e. The van der Waals surface area contributed by atoms with Gasteiger partial charge in [0.25, 0.3) is 0 Å². The van der Waals surface area contributed by atoms with Gasteiger partial charge in [-0.05, 0) is 24.3 Å². The Morgan fingerprint density at radius 1 is 0.367 bits per heavy atom. The molecule has 1 heterocycles. The monoisotopic (exact) mass is 420 g/mol. The topological polar surface area (TPSA) is 73.8 Å². The van der Waals surface area contributed by atoms with E-state index >= 15 is 0 Å². The van der Waals surface area contributed by atoms with Crippen molar-refractivity contribution in [2.45, 2.75) is 0 Å². The molecule has 0 aromatic heterocycles. The molecule has 1 aliphatic rings. The predicted octanol–water partition coefficient (Wildman–Crippen LogP) is 2.90. The summed E-state index contributed by atoms with van der Waals surface area (Å²) in [5.74, 6) is 2.63. The highest BCUT2D eigenvalue weighted by Crippen LogP contribution is 2.27. The van der Waals surface area contributed by atoms with Gasteiger partial charge >= 0.3 is 0 Å². The molecular formula is C22H28O8. The van der Waals surface area contributed by atoms with Crippen molar-refractivity contribution in [3.05, 3.63) is 48.5 Å². The Morgan fingerprint density at radius 2 is 0.633 bits per heavy atom. The van der Waals surface area contributed by atoms with Gasteiger partial charge in [0.05, 0.1) is 26.4 Å². The van der Waals surface area contributed by atoms with E-state index in [1.165, 1.54) is 0 Å². The van der Waals surface area contributed by atoms with E-state index in [2.05, 4.69) is 0 Å². The SMILES string of the molecule is c1ccc2c(c1)OCCOCOCCOc1ccccc1OCCOCOCCO2. The van der Waals surface area contributed by atoms with Crippen LogP contribution in [0.3, 0.4) is 0 Å². The molecule has 164 valence electrons. The Morgan fingerprint density at radius 3 is 0.900 bits per heavy atom. The third-order valence-corrected chi connectivity index (χ3v) is 3.97. The lowest BCUT2D eigenvalue weighted by molar-refractivity contribution is -0.0690. The molecule has 1 aliphatic heterocycles. The lowest BCUT2D eigenvalue weighted by atomic mass is 10.3. The molecule has 8 nitrogen and oxygen atoms in total. The van der Waals surface area contributed by atoms with Gasteiger partial charge in [0.1, 0.15) is 40.0 Å². The molecule has 0 aliphatic carbocycles. The first-order chi connectivity index (χ1) is 14.9. The summed E-state index contributed by atoms with van der Waals surface area (Å²) < 4.78 is 44.6. The van der Waals surface area contributed by atoms with E-state index in [0.717, 1.165) is 0 Å². The Balaban J connectivity index is 1.48. The normalized spacial score (nSPS) is 17.9. The van der Waals surface area contributed by atoms with Crippen LogP contribution in [0.25, 0.3) is 0 Å². The van der Waals surface area contributed by atoms with Crippen LogP contribution < -0.4 is 18.9 Å².